The summed E-state index contributed by atoms with van der Waals surface area (Å²) in [5.41, 5.74) is 2.29. The Morgan fingerprint density at radius 3 is 2.72 bits per heavy atom. The van der Waals surface area contributed by atoms with Gasteiger partial charge in [-0.3, -0.25) is 4.79 Å². The average Bonchev–Trinajstić information content (AvgIpc) is 2.52. The molecule has 3 nitrogen and oxygen atoms in total. The molecule has 0 aliphatic carbocycles. The normalized spacial score (nSPS) is 24.4. The van der Waals surface area contributed by atoms with E-state index < -0.39 is 0 Å². The van der Waals surface area contributed by atoms with Gasteiger partial charge in [-0.05, 0) is 37.7 Å². The topological polar surface area (TPSA) is 32.3 Å². The van der Waals surface area contributed by atoms with Gasteiger partial charge < -0.3 is 10.2 Å². The minimum atomic E-state index is 0.281. The third-order valence-corrected chi connectivity index (χ3v) is 4.36. The fourth-order valence-corrected chi connectivity index (χ4v) is 2.97. The fourth-order valence-electron chi connectivity index (χ4n) is 2.97. The second kappa shape index (κ2) is 6.37. The number of likely N-dealkylation sites (tertiary alicyclic amines) is 1. The van der Waals surface area contributed by atoms with E-state index in [1.54, 1.807) is 0 Å². The number of hydrogen-bond acceptors (Lipinski definition) is 2. The van der Waals surface area contributed by atoms with Crippen LogP contribution in [0.4, 0.5) is 0 Å². The largest absolute Gasteiger partial charge is 0.339 e. The molecule has 0 saturated carbocycles. The van der Waals surface area contributed by atoms with Gasteiger partial charge in [0.1, 0.15) is 0 Å². The van der Waals surface area contributed by atoms with Gasteiger partial charge in [0.2, 0.25) is 5.91 Å². The van der Waals surface area contributed by atoms with Crippen LogP contribution in [0.1, 0.15) is 46.0 Å². The number of nitrogens with zero attached hydrogens (tertiary/aromatic N) is 1. The van der Waals surface area contributed by atoms with E-state index in [1.807, 2.05) is 6.92 Å². The SMILES string of the molecule is CCCC1CCCN(C(=O)C(C)=C2CNC2)CC1. The van der Waals surface area contributed by atoms with Crippen LogP contribution in [0.2, 0.25) is 0 Å². The number of rotatable bonds is 3. The third-order valence-electron chi connectivity index (χ3n) is 4.36. The van der Waals surface area contributed by atoms with Crippen LogP contribution in [0.3, 0.4) is 0 Å². The zero-order valence-corrected chi connectivity index (χ0v) is 11.8. The lowest BCUT2D eigenvalue weighted by molar-refractivity contribution is -0.127. The van der Waals surface area contributed by atoms with Crippen molar-refractivity contribution in [3.8, 4) is 0 Å². The molecule has 1 amide bonds. The summed E-state index contributed by atoms with van der Waals surface area (Å²) in [6, 6.07) is 0. The van der Waals surface area contributed by atoms with Gasteiger partial charge in [-0.15, -0.1) is 0 Å². The van der Waals surface area contributed by atoms with Crippen LogP contribution in [-0.2, 0) is 4.79 Å². The van der Waals surface area contributed by atoms with E-state index in [1.165, 1.54) is 37.7 Å². The molecule has 1 atom stereocenters. The molecule has 1 unspecified atom stereocenters. The van der Waals surface area contributed by atoms with Crippen LogP contribution in [0.5, 0.6) is 0 Å². The minimum absolute atomic E-state index is 0.281. The molecule has 0 aromatic rings. The van der Waals surface area contributed by atoms with Crippen molar-refractivity contribution in [1.82, 2.24) is 10.2 Å². The summed E-state index contributed by atoms with van der Waals surface area (Å²) in [7, 11) is 0. The van der Waals surface area contributed by atoms with E-state index in [9.17, 15) is 4.79 Å². The second-order valence-electron chi connectivity index (χ2n) is 5.71. The molecular weight excluding hydrogens is 224 g/mol. The van der Waals surface area contributed by atoms with Crippen molar-refractivity contribution in [2.75, 3.05) is 26.2 Å². The molecule has 0 bridgehead atoms. The number of carbonyl (C=O) groups is 1. The Bertz CT molecular complexity index is 329. The van der Waals surface area contributed by atoms with Crippen molar-refractivity contribution in [2.24, 2.45) is 5.92 Å². The Morgan fingerprint density at radius 1 is 1.33 bits per heavy atom. The summed E-state index contributed by atoms with van der Waals surface area (Å²) < 4.78 is 0. The molecule has 2 saturated heterocycles. The quantitative estimate of drug-likeness (QED) is 0.780. The van der Waals surface area contributed by atoms with Gasteiger partial charge in [0.25, 0.3) is 0 Å². The fraction of sp³-hybridized carbons (Fsp3) is 0.800. The van der Waals surface area contributed by atoms with Crippen LogP contribution < -0.4 is 5.32 Å². The molecular formula is C15H26N2O. The smallest absolute Gasteiger partial charge is 0.249 e. The first-order chi connectivity index (χ1) is 8.72. The molecule has 2 aliphatic rings. The third kappa shape index (κ3) is 3.14. The Hall–Kier alpha value is -0.830. The molecule has 2 fully saturated rings. The summed E-state index contributed by atoms with van der Waals surface area (Å²) in [6.45, 7) is 7.98. The highest BCUT2D eigenvalue weighted by atomic mass is 16.2. The molecule has 18 heavy (non-hydrogen) atoms. The lowest BCUT2D eigenvalue weighted by Gasteiger charge is -2.26. The molecule has 2 heterocycles. The van der Waals surface area contributed by atoms with Crippen molar-refractivity contribution in [3.05, 3.63) is 11.1 Å². The molecule has 0 aromatic heterocycles. The highest BCUT2D eigenvalue weighted by molar-refractivity contribution is 5.94. The first-order valence-electron chi connectivity index (χ1n) is 7.41. The lowest BCUT2D eigenvalue weighted by atomic mass is 9.96. The molecule has 102 valence electrons. The van der Waals surface area contributed by atoms with Gasteiger partial charge in [0.05, 0.1) is 0 Å². The zero-order valence-electron chi connectivity index (χ0n) is 11.8. The Balaban J connectivity index is 1.91. The summed E-state index contributed by atoms with van der Waals surface area (Å²) in [5.74, 6) is 1.12. The number of amides is 1. The summed E-state index contributed by atoms with van der Waals surface area (Å²) in [5, 5.41) is 3.21. The van der Waals surface area contributed by atoms with E-state index in [0.29, 0.717) is 0 Å². The maximum atomic E-state index is 12.4. The molecule has 2 rings (SSSR count). The van der Waals surface area contributed by atoms with Crippen LogP contribution in [-0.4, -0.2) is 37.0 Å². The van der Waals surface area contributed by atoms with Crippen molar-refractivity contribution in [2.45, 2.75) is 46.0 Å². The van der Waals surface area contributed by atoms with Crippen LogP contribution in [0, 0.1) is 5.92 Å². The number of carbonyl (C=O) groups excluding carboxylic acids is 1. The Kier molecular flexibility index (Phi) is 4.81. The average molecular weight is 250 g/mol. The summed E-state index contributed by atoms with van der Waals surface area (Å²) >= 11 is 0. The van der Waals surface area contributed by atoms with Crippen molar-refractivity contribution in [1.29, 1.82) is 0 Å². The first kappa shape index (κ1) is 13.6. The van der Waals surface area contributed by atoms with E-state index >= 15 is 0 Å². The van der Waals surface area contributed by atoms with Gasteiger partial charge in [-0.1, -0.05) is 19.8 Å². The molecule has 0 spiro atoms. The molecule has 3 heteroatoms. The van der Waals surface area contributed by atoms with Crippen molar-refractivity contribution < 1.29 is 4.79 Å². The van der Waals surface area contributed by atoms with Gasteiger partial charge in [-0.2, -0.15) is 0 Å². The second-order valence-corrected chi connectivity index (χ2v) is 5.71. The minimum Gasteiger partial charge on any atom is -0.339 e. The van der Waals surface area contributed by atoms with E-state index in [0.717, 1.165) is 37.7 Å². The standard InChI is InChI=1S/C15H26N2O/c1-3-5-13-6-4-8-17(9-7-13)15(18)12(2)14-10-16-11-14/h13,16H,3-11H2,1-2H3. The van der Waals surface area contributed by atoms with E-state index in [-0.39, 0.29) is 5.91 Å². The monoisotopic (exact) mass is 250 g/mol. The predicted molar refractivity (Wildman–Crippen MR) is 74.4 cm³/mol. The molecule has 0 aromatic carbocycles. The van der Waals surface area contributed by atoms with E-state index in [4.69, 9.17) is 0 Å². The maximum Gasteiger partial charge on any atom is 0.249 e. The predicted octanol–water partition coefficient (Wildman–Crippen LogP) is 2.33. The van der Waals surface area contributed by atoms with Gasteiger partial charge in [-0.25, -0.2) is 0 Å². The number of hydrogen-bond donors (Lipinski definition) is 1. The van der Waals surface area contributed by atoms with Gasteiger partial charge >= 0.3 is 0 Å². The summed E-state index contributed by atoms with van der Waals surface area (Å²) in [4.78, 5) is 14.5. The van der Waals surface area contributed by atoms with Gasteiger partial charge in [0.15, 0.2) is 0 Å². The first-order valence-corrected chi connectivity index (χ1v) is 7.41. The lowest BCUT2D eigenvalue weighted by Crippen LogP contribution is -2.39. The molecule has 0 radical (unpaired) electrons. The highest BCUT2D eigenvalue weighted by Gasteiger charge is 2.23. The Labute approximate surface area is 111 Å². The van der Waals surface area contributed by atoms with Crippen LogP contribution in [0.25, 0.3) is 0 Å². The van der Waals surface area contributed by atoms with E-state index in [2.05, 4.69) is 17.1 Å². The van der Waals surface area contributed by atoms with Crippen LogP contribution in [0.15, 0.2) is 11.1 Å². The van der Waals surface area contributed by atoms with Crippen LogP contribution >= 0.6 is 0 Å². The van der Waals surface area contributed by atoms with Gasteiger partial charge in [0, 0.05) is 31.8 Å². The highest BCUT2D eigenvalue weighted by Crippen LogP contribution is 2.23. The Morgan fingerprint density at radius 2 is 2.11 bits per heavy atom. The molecule has 2 aliphatic heterocycles. The van der Waals surface area contributed by atoms with Crippen molar-refractivity contribution >= 4 is 5.91 Å². The summed E-state index contributed by atoms with van der Waals surface area (Å²) in [6.07, 6.45) is 6.27. The van der Waals surface area contributed by atoms with Crippen molar-refractivity contribution in [3.63, 3.8) is 0 Å². The maximum absolute atomic E-state index is 12.4. The number of nitrogens with one attached hydrogen (secondary N) is 1. The zero-order chi connectivity index (χ0) is 13.0. The molecule has 1 N–H and O–H groups in total.